The van der Waals surface area contributed by atoms with Gasteiger partial charge in [0, 0.05) is 36.3 Å². The number of anilines is 1. The Hall–Kier alpha value is -3.21. The third-order valence-corrected chi connectivity index (χ3v) is 5.45. The molecule has 0 aliphatic carbocycles. The summed E-state index contributed by atoms with van der Waals surface area (Å²) in [6.45, 7) is 4.54. The molecule has 0 radical (unpaired) electrons. The zero-order valence-corrected chi connectivity index (χ0v) is 16.8. The van der Waals surface area contributed by atoms with Crippen molar-refractivity contribution in [3.8, 4) is 11.3 Å². The molecule has 5 nitrogen and oxygen atoms in total. The summed E-state index contributed by atoms with van der Waals surface area (Å²) in [4.78, 5) is 26.9. The number of aromatic nitrogens is 2. The van der Waals surface area contributed by atoms with Gasteiger partial charge in [-0.3, -0.25) is 9.59 Å². The minimum Gasteiger partial charge on any atom is -0.309 e. The van der Waals surface area contributed by atoms with Crippen LogP contribution in [0.4, 0.5) is 5.69 Å². The van der Waals surface area contributed by atoms with Crippen molar-refractivity contribution in [2.45, 2.75) is 45.7 Å². The lowest BCUT2D eigenvalue weighted by molar-refractivity contribution is -0.119. The number of nitrogens with zero attached hydrogens (tertiary/aromatic N) is 3. The summed E-state index contributed by atoms with van der Waals surface area (Å²) in [5, 5.41) is 4.50. The molecule has 1 aliphatic heterocycles. The van der Waals surface area contributed by atoms with Crippen molar-refractivity contribution in [2.75, 3.05) is 4.90 Å². The van der Waals surface area contributed by atoms with E-state index in [1.807, 2.05) is 54.3 Å². The predicted molar refractivity (Wildman–Crippen MR) is 115 cm³/mol. The van der Waals surface area contributed by atoms with Crippen molar-refractivity contribution in [1.29, 1.82) is 0 Å². The second-order valence-corrected chi connectivity index (χ2v) is 7.70. The van der Waals surface area contributed by atoms with Crippen LogP contribution in [0, 0.1) is 6.92 Å². The summed E-state index contributed by atoms with van der Waals surface area (Å²) < 4.78 is 1.46. The summed E-state index contributed by atoms with van der Waals surface area (Å²) in [5.74, 6) is 0.102. The molecule has 0 N–H and O–H groups in total. The van der Waals surface area contributed by atoms with Gasteiger partial charge in [-0.2, -0.15) is 5.10 Å². The minimum atomic E-state index is -0.145. The van der Waals surface area contributed by atoms with E-state index in [4.69, 9.17) is 0 Å². The first-order valence-electron chi connectivity index (χ1n) is 10.1. The molecule has 0 unspecified atom stereocenters. The van der Waals surface area contributed by atoms with Crippen LogP contribution in [0.25, 0.3) is 11.3 Å². The highest BCUT2D eigenvalue weighted by atomic mass is 16.2. The molecule has 0 bridgehead atoms. The molecule has 29 heavy (non-hydrogen) atoms. The lowest BCUT2D eigenvalue weighted by Crippen LogP contribution is -2.35. The molecule has 1 atom stereocenters. The number of rotatable bonds is 5. The molecule has 4 rings (SSSR count). The maximum Gasteiger partial charge on any atom is 0.266 e. The Morgan fingerprint density at radius 1 is 1.07 bits per heavy atom. The summed E-state index contributed by atoms with van der Waals surface area (Å²) in [7, 11) is 0. The number of hydrogen-bond acceptors (Lipinski definition) is 3. The summed E-state index contributed by atoms with van der Waals surface area (Å²) >= 11 is 0. The van der Waals surface area contributed by atoms with Gasteiger partial charge in [-0.1, -0.05) is 48.0 Å². The fourth-order valence-electron chi connectivity index (χ4n) is 3.93. The van der Waals surface area contributed by atoms with Crippen LogP contribution in [0.5, 0.6) is 0 Å². The molecule has 0 spiro atoms. The monoisotopic (exact) mass is 387 g/mol. The highest BCUT2D eigenvalue weighted by Crippen LogP contribution is 2.32. The molecular formula is C24H25N3O2. The number of carbonyl (C=O) groups is 1. The van der Waals surface area contributed by atoms with E-state index in [-0.39, 0.29) is 17.5 Å². The van der Waals surface area contributed by atoms with Crippen LogP contribution < -0.4 is 10.5 Å². The number of aryl methyl sites for hydroxylation is 2. The van der Waals surface area contributed by atoms with E-state index in [2.05, 4.69) is 18.1 Å². The highest BCUT2D eigenvalue weighted by Gasteiger charge is 2.29. The van der Waals surface area contributed by atoms with E-state index >= 15 is 0 Å². The molecule has 0 saturated carbocycles. The van der Waals surface area contributed by atoms with Crippen molar-refractivity contribution in [3.63, 3.8) is 0 Å². The van der Waals surface area contributed by atoms with Crippen LogP contribution in [0.1, 0.15) is 30.9 Å². The molecule has 2 aromatic carbocycles. The average Bonchev–Trinajstić information content (AvgIpc) is 3.05. The fraction of sp³-hybridized carbons (Fsp3) is 0.292. The van der Waals surface area contributed by atoms with Gasteiger partial charge in [-0.15, -0.1) is 0 Å². The first-order chi connectivity index (χ1) is 14.0. The number of carbonyl (C=O) groups excluding carboxylic acids is 1. The Morgan fingerprint density at radius 3 is 2.62 bits per heavy atom. The van der Waals surface area contributed by atoms with Gasteiger partial charge in [0.2, 0.25) is 5.91 Å². The van der Waals surface area contributed by atoms with Crippen molar-refractivity contribution in [3.05, 3.63) is 82.1 Å². The van der Waals surface area contributed by atoms with E-state index in [1.165, 1.54) is 15.8 Å². The number of fused-ring (bicyclic) bond motifs is 1. The summed E-state index contributed by atoms with van der Waals surface area (Å²) in [6, 6.07) is 19.6. The van der Waals surface area contributed by atoms with Crippen molar-refractivity contribution < 1.29 is 4.79 Å². The molecule has 0 saturated heterocycles. The van der Waals surface area contributed by atoms with Gasteiger partial charge in [0.05, 0.1) is 5.69 Å². The Kier molecular flexibility index (Phi) is 5.30. The Balaban J connectivity index is 1.43. The second-order valence-electron chi connectivity index (χ2n) is 7.70. The van der Waals surface area contributed by atoms with Crippen LogP contribution in [-0.4, -0.2) is 21.7 Å². The van der Waals surface area contributed by atoms with Crippen LogP contribution in [0.2, 0.25) is 0 Å². The molecule has 3 aromatic rings. The molecule has 0 fully saturated rings. The molecule has 148 valence electrons. The summed E-state index contributed by atoms with van der Waals surface area (Å²) in [6.07, 6.45) is 1.86. The van der Waals surface area contributed by atoms with Gasteiger partial charge in [0.1, 0.15) is 0 Å². The Bertz CT molecular complexity index is 1090. The zero-order chi connectivity index (χ0) is 20.4. The Labute approximate surface area is 170 Å². The quantitative estimate of drug-likeness (QED) is 0.665. The first-order valence-corrected chi connectivity index (χ1v) is 10.1. The van der Waals surface area contributed by atoms with Gasteiger partial charge in [0.25, 0.3) is 5.56 Å². The molecular weight excluding hydrogens is 362 g/mol. The largest absolute Gasteiger partial charge is 0.309 e. The van der Waals surface area contributed by atoms with Crippen LogP contribution in [0.15, 0.2) is 65.5 Å². The SMILES string of the molecule is Cc1ccc(-c2ccc(=O)n(CCCC(=O)N3c4ccccc4C[C@@H]3C)n2)cc1. The molecule has 1 aliphatic rings. The third kappa shape index (κ3) is 3.99. The summed E-state index contributed by atoms with van der Waals surface area (Å²) in [5.41, 5.74) is 5.01. The first kappa shape index (κ1) is 19.1. The number of benzene rings is 2. The zero-order valence-electron chi connectivity index (χ0n) is 16.8. The van der Waals surface area contributed by atoms with E-state index in [0.29, 0.717) is 19.4 Å². The van der Waals surface area contributed by atoms with Gasteiger partial charge in [-0.05, 0) is 44.4 Å². The second kappa shape index (κ2) is 8.03. The minimum absolute atomic E-state index is 0.102. The normalized spacial score (nSPS) is 15.4. The molecule has 5 heteroatoms. The number of para-hydroxylation sites is 1. The van der Waals surface area contributed by atoms with E-state index in [9.17, 15) is 9.59 Å². The average molecular weight is 387 g/mol. The maximum atomic E-state index is 12.8. The van der Waals surface area contributed by atoms with E-state index in [0.717, 1.165) is 23.4 Å². The smallest absolute Gasteiger partial charge is 0.266 e. The number of hydrogen-bond donors (Lipinski definition) is 0. The van der Waals surface area contributed by atoms with Crippen LogP contribution in [0.3, 0.4) is 0 Å². The number of amides is 1. The van der Waals surface area contributed by atoms with Gasteiger partial charge in [-0.25, -0.2) is 4.68 Å². The lowest BCUT2D eigenvalue weighted by atomic mass is 10.1. The van der Waals surface area contributed by atoms with Crippen molar-refractivity contribution in [1.82, 2.24) is 9.78 Å². The van der Waals surface area contributed by atoms with Crippen LogP contribution in [-0.2, 0) is 17.8 Å². The van der Waals surface area contributed by atoms with Crippen molar-refractivity contribution in [2.24, 2.45) is 0 Å². The highest BCUT2D eigenvalue weighted by molar-refractivity contribution is 5.96. The van der Waals surface area contributed by atoms with E-state index in [1.54, 1.807) is 12.1 Å². The molecule has 1 aromatic heterocycles. The Morgan fingerprint density at radius 2 is 1.83 bits per heavy atom. The fourth-order valence-corrected chi connectivity index (χ4v) is 3.93. The third-order valence-electron chi connectivity index (χ3n) is 5.45. The van der Waals surface area contributed by atoms with Crippen LogP contribution >= 0.6 is 0 Å². The molecule has 1 amide bonds. The van der Waals surface area contributed by atoms with Crippen molar-refractivity contribution >= 4 is 11.6 Å². The lowest BCUT2D eigenvalue weighted by Gasteiger charge is -2.22. The molecule has 2 heterocycles. The standard InChI is InChI=1S/C24H25N3O2/c1-17-9-11-19(12-10-17)21-13-14-23(28)26(25-21)15-5-8-24(29)27-18(2)16-20-6-3-4-7-22(20)27/h3-4,6-7,9-14,18H,5,8,15-16H2,1-2H3/t18-/m0/s1. The van der Waals surface area contributed by atoms with Gasteiger partial charge in [0.15, 0.2) is 0 Å². The maximum absolute atomic E-state index is 12.8. The van der Waals surface area contributed by atoms with E-state index < -0.39 is 0 Å². The van der Waals surface area contributed by atoms with Gasteiger partial charge >= 0.3 is 0 Å². The predicted octanol–water partition coefficient (Wildman–Crippen LogP) is 3.98. The topological polar surface area (TPSA) is 55.2 Å². The van der Waals surface area contributed by atoms with Gasteiger partial charge < -0.3 is 4.90 Å².